The van der Waals surface area contributed by atoms with Gasteiger partial charge in [-0.1, -0.05) is 12.1 Å². The maximum atomic E-state index is 10.3. The number of ether oxygens (including phenoxy) is 2. The number of carbonyl (C=O) groups is 1. The number of carbonyl (C=O) groups excluding carboxylic acids is 1. The van der Waals surface area contributed by atoms with E-state index < -0.39 is 10.1 Å². The summed E-state index contributed by atoms with van der Waals surface area (Å²) in [5, 5.41) is 13.6. The molecule has 1 unspecified atom stereocenters. The maximum Gasteiger partial charge on any atom is 0.407 e. The number of benzene rings is 1. The Labute approximate surface area is 128 Å². The minimum Gasteiger partial charge on any atom is -0.748 e. The van der Waals surface area contributed by atoms with E-state index in [1.807, 2.05) is 12.1 Å². The van der Waals surface area contributed by atoms with Crippen LogP contribution in [0, 0.1) is 10.4 Å². The average Bonchev–Trinajstić information content (AvgIpc) is 2.77. The first-order valence-corrected chi connectivity index (χ1v) is 8.14. The van der Waals surface area contributed by atoms with Gasteiger partial charge in [0.2, 0.25) is 0 Å². The fourth-order valence-electron chi connectivity index (χ4n) is 1.71. The first kappa shape index (κ1) is 18.4. The largest absolute Gasteiger partial charge is 0.748 e. The monoisotopic (exact) mass is 332 g/mol. The molecule has 1 aliphatic heterocycles. The third-order valence-electron chi connectivity index (χ3n) is 2.69. The molecule has 1 fully saturated rings. The number of aliphatic hydroxyl groups is 1. The fourth-order valence-corrected chi connectivity index (χ4v) is 1.71. The summed E-state index contributed by atoms with van der Waals surface area (Å²) in [6.45, 7) is 1.23. The number of rotatable bonds is 3. The summed E-state index contributed by atoms with van der Waals surface area (Å²) < 4.78 is 36.7. The smallest absolute Gasteiger partial charge is 0.407 e. The van der Waals surface area contributed by atoms with Crippen LogP contribution in [0.3, 0.4) is 0 Å². The number of hydrogen-bond acceptors (Lipinski definition) is 7. The molecule has 124 valence electrons. The molecular formula is C13H18NO7S-. The van der Waals surface area contributed by atoms with E-state index in [-0.39, 0.29) is 18.8 Å². The van der Waals surface area contributed by atoms with Gasteiger partial charge in [0, 0.05) is 13.4 Å². The van der Waals surface area contributed by atoms with E-state index in [1.54, 1.807) is 7.11 Å². The highest BCUT2D eigenvalue weighted by Gasteiger charge is 2.21. The number of cyclic esters (lactones) is 1. The fraction of sp³-hybridized carbons (Fsp3) is 0.462. The molecular weight excluding hydrogens is 314 g/mol. The number of nitrogens with one attached hydrogen (secondary N) is 1. The van der Waals surface area contributed by atoms with E-state index in [0.717, 1.165) is 5.56 Å². The number of methoxy groups -OCH3 is 1. The van der Waals surface area contributed by atoms with Gasteiger partial charge in [0.1, 0.15) is 6.10 Å². The molecule has 2 N–H and O–H groups in total. The quantitative estimate of drug-likeness (QED) is 0.738. The molecule has 3 aliphatic rings. The van der Waals surface area contributed by atoms with E-state index in [0.29, 0.717) is 19.4 Å². The topological polar surface area (TPSA) is 125 Å². The van der Waals surface area contributed by atoms with Crippen molar-refractivity contribution in [2.75, 3.05) is 26.5 Å². The normalized spacial score (nSPS) is 17.3. The average molecular weight is 332 g/mol. The second-order valence-electron chi connectivity index (χ2n) is 4.60. The Hall–Kier alpha value is -1.68. The molecule has 0 aromatic rings. The highest BCUT2D eigenvalue weighted by molar-refractivity contribution is 7.84. The minimum atomic E-state index is -3.92. The second kappa shape index (κ2) is 8.08. The summed E-state index contributed by atoms with van der Waals surface area (Å²) in [7, 11) is -2.34. The van der Waals surface area contributed by atoms with Gasteiger partial charge in [-0.25, -0.2) is 13.2 Å². The molecule has 9 heteroatoms. The van der Waals surface area contributed by atoms with Crippen molar-refractivity contribution in [3.63, 3.8) is 0 Å². The predicted octanol–water partition coefficient (Wildman–Crippen LogP) is -0.318. The lowest BCUT2D eigenvalue weighted by atomic mass is 10.0. The molecule has 1 saturated heterocycles. The number of hydrogen-bond donors (Lipinski definition) is 2. The Morgan fingerprint density at radius 2 is 2.14 bits per heavy atom. The SMILES string of the molecule is COCC1CNC(=O)O1.CS(=O)(=O)[O-].OCc1cc2ccc1=2. The highest BCUT2D eigenvalue weighted by Crippen LogP contribution is 2.14. The van der Waals surface area contributed by atoms with Crippen molar-refractivity contribution < 1.29 is 32.3 Å². The Bertz CT molecular complexity index is 694. The van der Waals surface area contributed by atoms with Gasteiger partial charge in [0.05, 0.1) is 29.9 Å². The summed E-state index contributed by atoms with van der Waals surface area (Å²) in [4.78, 5) is 10.3. The van der Waals surface area contributed by atoms with Gasteiger partial charge in [0.25, 0.3) is 0 Å². The molecule has 3 rings (SSSR count). The van der Waals surface area contributed by atoms with E-state index in [4.69, 9.17) is 27.6 Å². The number of alkyl carbamates (subject to hydrolysis) is 1. The van der Waals surface area contributed by atoms with Crippen molar-refractivity contribution in [1.29, 1.82) is 0 Å². The highest BCUT2D eigenvalue weighted by atomic mass is 32.2. The zero-order valence-electron chi connectivity index (χ0n) is 12.2. The molecule has 1 atom stereocenters. The van der Waals surface area contributed by atoms with Crippen LogP contribution in [-0.4, -0.2) is 56.8 Å². The van der Waals surface area contributed by atoms with Crippen LogP contribution in [0.2, 0.25) is 0 Å². The first-order chi connectivity index (χ1) is 10.2. The Balaban J connectivity index is 0.000000173. The van der Waals surface area contributed by atoms with Gasteiger partial charge >= 0.3 is 6.09 Å². The van der Waals surface area contributed by atoms with E-state index in [1.165, 1.54) is 10.4 Å². The van der Waals surface area contributed by atoms with Crippen molar-refractivity contribution in [2.45, 2.75) is 12.7 Å². The van der Waals surface area contributed by atoms with Gasteiger partial charge < -0.3 is 24.4 Å². The van der Waals surface area contributed by atoms with E-state index >= 15 is 0 Å². The van der Waals surface area contributed by atoms with Crippen LogP contribution in [-0.2, 0) is 26.2 Å². The van der Waals surface area contributed by atoms with Gasteiger partial charge in [0.15, 0.2) is 0 Å². The number of aliphatic hydroxyl groups excluding tert-OH is 1. The van der Waals surface area contributed by atoms with Gasteiger partial charge in [-0.3, -0.25) is 0 Å². The number of amides is 1. The molecule has 0 spiro atoms. The summed E-state index contributed by atoms with van der Waals surface area (Å²) in [5.74, 6) is 0. The molecule has 0 aromatic carbocycles. The summed E-state index contributed by atoms with van der Waals surface area (Å²) in [6, 6.07) is 6.09. The lowest BCUT2D eigenvalue weighted by molar-refractivity contribution is 0.0717. The molecule has 2 aliphatic carbocycles. The van der Waals surface area contributed by atoms with Crippen molar-refractivity contribution >= 4 is 16.2 Å². The van der Waals surface area contributed by atoms with Crippen LogP contribution in [0.5, 0.6) is 0 Å². The molecule has 0 saturated carbocycles. The molecule has 0 aromatic heterocycles. The molecule has 1 heterocycles. The van der Waals surface area contributed by atoms with Crippen molar-refractivity contribution in [2.24, 2.45) is 0 Å². The van der Waals surface area contributed by atoms with Crippen LogP contribution in [0.15, 0.2) is 18.2 Å². The van der Waals surface area contributed by atoms with Crippen molar-refractivity contribution in [1.82, 2.24) is 5.32 Å². The lowest BCUT2D eigenvalue weighted by Crippen LogP contribution is -2.19. The predicted molar refractivity (Wildman–Crippen MR) is 75.8 cm³/mol. The summed E-state index contributed by atoms with van der Waals surface area (Å²) in [5.41, 5.74) is 1.09. The van der Waals surface area contributed by atoms with Gasteiger partial charge in [-0.05, 0) is 22.1 Å². The molecule has 1 amide bonds. The maximum absolute atomic E-state index is 10.3. The van der Waals surface area contributed by atoms with Crippen molar-refractivity contribution in [3.05, 3.63) is 34.2 Å². The zero-order chi connectivity index (χ0) is 16.8. The molecule has 0 radical (unpaired) electrons. The Kier molecular flexibility index (Phi) is 6.75. The van der Waals surface area contributed by atoms with Crippen LogP contribution < -0.4 is 5.32 Å². The summed E-state index contributed by atoms with van der Waals surface area (Å²) in [6.07, 6.45) is 0.159. The second-order valence-corrected chi connectivity index (χ2v) is 6.01. The minimum absolute atomic E-state index is 0.0949. The lowest BCUT2D eigenvalue weighted by Gasteiger charge is -2.06. The first-order valence-electron chi connectivity index (χ1n) is 6.33. The van der Waals surface area contributed by atoms with Crippen LogP contribution in [0.4, 0.5) is 4.79 Å². The van der Waals surface area contributed by atoms with E-state index in [2.05, 4.69) is 11.4 Å². The van der Waals surface area contributed by atoms with Crippen molar-refractivity contribution in [3.8, 4) is 0 Å². The van der Waals surface area contributed by atoms with Crippen LogP contribution in [0.1, 0.15) is 5.56 Å². The standard InChI is InChI=1S/C7H6O.C5H9NO3.CH4O3S/c8-4-6-3-5-1-2-7(5)6;1-8-3-4-2-6-5(7)9-4;1-5(2,3)4/h1-3,8H,4H2;4H,2-3H2,1H3,(H,6,7);1H3,(H,2,3,4)/p-1. The molecule has 8 nitrogen and oxygen atoms in total. The Morgan fingerprint density at radius 1 is 1.50 bits per heavy atom. The van der Waals surface area contributed by atoms with E-state index in [9.17, 15) is 4.79 Å². The molecule has 22 heavy (non-hydrogen) atoms. The third kappa shape index (κ3) is 6.39. The third-order valence-corrected chi connectivity index (χ3v) is 2.69. The van der Waals surface area contributed by atoms with Crippen LogP contribution >= 0.6 is 0 Å². The summed E-state index contributed by atoms with van der Waals surface area (Å²) >= 11 is 0. The zero-order valence-corrected chi connectivity index (χ0v) is 13.1. The molecule has 0 bridgehead atoms. The van der Waals surface area contributed by atoms with Gasteiger partial charge in [-0.15, -0.1) is 0 Å². The van der Waals surface area contributed by atoms with Gasteiger partial charge in [-0.2, -0.15) is 0 Å². The van der Waals surface area contributed by atoms with Crippen LogP contribution in [0.25, 0.3) is 0 Å². The Morgan fingerprint density at radius 3 is 2.36 bits per heavy atom.